The fraction of sp³-hybridized carbons (Fsp3) is 0.471. The topological polar surface area (TPSA) is 49.3 Å². The zero-order chi connectivity index (χ0) is 14.6. The van der Waals surface area contributed by atoms with Gasteiger partial charge in [0.1, 0.15) is 0 Å². The molecular weight excluding hydrogens is 250 g/mol. The van der Waals surface area contributed by atoms with Gasteiger partial charge in [-0.1, -0.05) is 17.9 Å². The molecule has 0 aromatic heterocycles. The Bertz CT molecular complexity index is 562. The number of aliphatic hydroxyl groups is 1. The van der Waals surface area contributed by atoms with Crippen LogP contribution in [0.1, 0.15) is 54.1 Å². The number of carbonyl (C=O) groups is 1. The highest BCUT2D eigenvalue weighted by Crippen LogP contribution is 2.31. The Kier molecular flexibility index (Phi) is 4.46. The van der Waals surface area contributed by atoms with Crippen LogP contribution in [-0.2, 0) is 0 Å². The molecule has 1 aliphatic carbocycles. The molecule has 3 nitrogen and oxygen atoms in total. The molecule has 20 heavy (non-hydrogen) atoms. The number of aryl methyl sites for hydroxylation is 1. The Labute approximate surface area is 120 Å². The van der Waals surface area contributed by atoms with Crippen LogP contribution in [0.3, 0.4) is 0 Å². The first-order valence-corrected chi connectivity index (χ1v) is 7.07. The predicted molar refractivity (Wildman–Crippen MR) is 79.5 cm³/mol. The van der Waals surface area contributed by atoms with Gasteiger partial charge in [-0.3, -0.25) is 4.79 Å². The van der Waals surface area contributed by atoms with Gasteiger partial charge in [-0.05, 0) is 50.8 Å². The van der Waals surface area contributed by atoms with Crippen molar-refractivity contribution in [1.29, 1.82) is 0 Å². The van der Waals surface area contributed by atoms with Crippen molar-refractivity contribution in [3.8, 4) is 11.8 Å². The number of rotatable bonds is 3. The van der Waals surface area contributed by atoms with Crippen molar-refractivity contribution in [1.82, 2.24) is 5.32 Å². The van der Waals surface area contributed by atoms with Crippen molar-refractivity contribution >= 4 is 5.91 Å². The van der Waals surface area contributed by atoms with Crippen LogP contribution in [0, 0.1) is 18.8 Å². The number of carbonyl (C=O) groups excluding carboxylic acids is 1. The molecule has 0 bridgehead atoms. The van der Waals surface area contributed by atoms with Crippen LogP contribution in [0.4, 0.5) is 0 Å². The zero-order valence-electron chi connectivity index (χ0n) is 12.1. The van der Waals surface area contributed by atoms with Gasteiger partial charge in [0.25, 0.3) is 5.91 Å². The van der Waals surface area contributed by atoms with E-state index in [1.807, 2.05) is 25.1 Å². The minimum absolute atomic E-state index is 0.0180. The molecule has 0 unspecified atom stereocenters. The van der Waals surface area contributed by atoms with Crippen LogP contribution >= 0.6 is 0 Å². The number of hydrogen-bond donors (Lipinski definition) is 2. The molecule has 1 aliphatic rings. The Balaban J connectivity index is 2.16. The first-order chi connectivity index (χ1) is 9.54. The Morgan fingerprint density at radius 2 is 2.20 bits per heavy atom. The van der Waals surface area contributed by atoms with E-state index in [0.29, 0.717) is 12.0 Å². The van der Waals surface area contributed by atoms with Gasteiger partial charge in [-0.15, -0.1) is 0 Å². The molecular formula is C17H21NO2. The van der Waals surface area contributed by atoms with E-state index in [1.165, 1.54) is 6.42 Å². The molecule has 0 spiro atoms. The zero-order valence-corrected chi connectivity index (χ0v) is 12.1. The van der Waals surface area contributed by atoms with Crippen molar-refractivity contribution < 1.29 is 9.90 Å². The summed E-state index contributed by atoms with van der Waals surface area (Å²) in [5.41, 5.74) is 2.42. The maximum atomic E-state index is 12.4. The van der Waals surface area contributed by atoms with Gasteiger partial charge in [-0.25, -0.2) is 0 Å². The van der Waals surface area contributed by atoms with Gasteiger partial charge < -0.3 is 10.4 Å². The lowest BCUT2D eigenvalue weighted by molar-refractivity contribution is 0.0850. The van der Waals surface area contributed by atoms with Crippen LogP contribution in [0.5, 0.6) is 0 Å². The Hall–Kier alpha value is -1.79. The first-order valence-electron chi connectivity index (χ1n) is 7.07. The van der Waals surface area contributed by atoms with E-state index in [-0.39, 0.29) is 18.1 Å². The summed E-state index contributed by atoms with van der Waals surface area (Å²) in [7, 11) is 0. The van der Waals surface area contributed by atoms with Crippen molar-refractivity contribution in [3.63, 3.8) is 0 Å². The third-order valence-corrected chi connectivity index (χ3v) is 3.82. The molecule has 1 aromatic carbocycles. The number of amides is 1. The minimum atomic E-state index is -0.0396. The Morgan fingerprint density at radius 3 is 2.80 bits per heavy atom. The van der Waals surface area contributed by atoms with Crippen LogP contribution in [0.15, 0.2) is 18.2 Å². The van der Waals surface area contributed by atoms with Gasteiger partial charge >= 0.3 is 0 Å². The molecule has 1 amide bonds. The molecule has 0 atom stereocenters. The second-order valence-electron chi connectivity index (χ2n) is 5.67. The Morgan fingerprint density at radius 1 is 1.45 bits per heavy atom. The summed E-state index contributed by atoms with van der Waals surface area (Å²) < 4.78 is 0. The summed E-state index contributed by atoms with van der Waals surface area (Å²) >= 11 is 0. The van der Waals surface area contributed by atoms with Crippen LogP contribution in [0.2, 0.25) is 0 Å². The highest BCUT2D eigenvalue weighted by molar-refractivity contribution is 5.96. The lowest BCUT2D eigenvalue weighted by Gasteiger charge is -2.39. The summed E-state index contributed by atoms with van der Waals surface area (Å²) in [6.07, 6.45) is 3.73. The molecule has 2 rings (SSSR count). The van der Waals surface area contributed by atoms with Gasteiger partial charge in [0.15, 0.2) is 0 Å². The quantitative estimate of drug-likeness (QED) is 0.829. The fourth-order valence-electron chi connectivity index (χ4n) is 2.34. The van der Waals surface area contributed by atoms with E-state index in [2.05, 4.69) is 24.1 Å². The average molecular weight is 271 g/mol. The number of benzene rings is 1. The smallest absolute Gasteiger partial charge is 0.252 e. The molecule has 0 aliphatic heterocycles. The van der Waals surface area contributed by atoms with E-state index in [9.17, 15) is 4.79 Å². The molecule has 1 saturated carbocycles. The lowest BCUT2D eigenvalue weighted by Crippen LogP contribution is -2.51. The predicted octanol–water partition coefficient (Wildman–Crippen LogP) is 2.40. The maximum Gasteiger partial charge on any atom is 0.252 e. The minimum Gasteiger partial charge on any atom is -0.395 e. The average Bonchev–Trinajstić information content (AvgIpc) is 2.39. The SMILES string of the molecule is Cc1ccc(C#CCCO)cc1C(=O)NC1(C)CCC1. The monoisotopic (exact) mass is 271 g/mol. The summed E-state index contributed by atoms with van der Waals surface area (Å²) in [5.74, 6) is 5.83. The number of nitrogens with one attached hydrogen (secondary N) is 1. The molecule has 1 aromatic rings. The van der Waals surface area contributed by atoms with Crippen molar-refractivity contribution in [2.45, 2.75) is 45.1 Å². The summed E-state index contributed by atoms with van der Waals surface area (Å²) in [6, 6.07) is 5.65. The summed E-state index contributed by atoms with van der Waals surface area (Å²) in [6.45, 7) is 4.09. The van der Waals surface area contributed by atoms with Crippen molar-refractivity contribution in [2.75, 3.05) is 6.61 Å². The van der Waals surface area contributed by atoms with Crippen molar-refractivity contribution in [3.05, 3.63) is 34.9 Å². The normalized spacial score (nSPS) is 15.8. The van der Waals surface area contributed by atoms with Gasteiger partial charge in [0.2, 0.25) is 0 Å². The van der Waals surface area contributed by atoms with Gasteiger partial charge in [0, 0.05) is 23.1 Å². The second kappa shape index (κ2) is 6.11. The lowest BCUT2D eigenvalue weighted by atomic mass is 9.78. The highest BCUT2D eigenvalue weighted by Gasteiger charge is 2.33. The van der Waals surface area contributed by atoms with Gasteiger partial charge in [-0.2, -0.15) is 0 Å². The third kappa shape index (κ3) is 3.40. The molecule has 0 radical (unpaired) electrons. The van der Waals surface area contributed by atoms with Crippen LogP contribution < -0.4 is 5.32 Å². The third-order valence-electron chi connectivity index (χ3n) is 3.82. The molecule has 106 valence electrons. The molecule has 0 saturated heterocycles. The number of hydrogen-bond acceptors (Lipinski definition) is 2. The van der Waals surface area contributed by atoms with Crippen LogP contribution in [-0.4, -0.2) is 23.2 Å². The first kappa shape index (κ1) is 14.6. The molecule has 1 fully saturated rings. The molecule has 3 heteroatoms. The van der Waals surface area contributed by atoms with Crippen LogP contribution in [0.25, 0.3) is 0 Å². The fourth-order valence-corrected chi connectivity index (χ4v) is 2.34. The summed E-state index contributed by atoms with van der Waals surface area (Å²) in [5, 5.41) is 11.8. The molecule has 0 heterocycles. The maximum absolute atomic E-state index is 12.4. The van der Waals surface area contributed by atoms with E-state index in [0.717, 1.165) is 24.0 Å². The van der Waals surface area contributed by atoms with E-state index >= 15 is 0 Å². The molecule has 2 N–H and O–H groups in total. The standard InChI is InChI=1S/C17H21NO2/c1-13-7-8-14(6-3-4-11-19)12-15(13)16(20)18-17(2)9-5-10-17/h7-8,12,19H,4-5,9-11H2,1-2H3,(H,18,20). The van der Waals surface area contributed by atoms with Gasteiger partial charge in [0.05, 0.1) is 6.61 Å². The second-order valence-corrected chi connectivity index (χ2v) is 5.67. The number of aliphatic hydroxyl groups excluding tert-OH is 1. The van der Waals surface area contributed by atoms with E-state index < -0.39 is 0 Å². The summed E-state index contributed by atoms with van der Waals surface area (Å²) in [4.78, 5) is 12.4. The van der Waals surface area contributed by atoms with E-state index in [4.69, 9.17) is 5.11 Å². The largest absolute Gasteiger partial charge is 0.395 e. The highest BCUT2D eigenvalue weighted by atomic mass is 16.2. The van der Waals surface area contributed by atoms with Crippen molar-refractivity contribution in [2.24, 2.45) is 0 Å². The van der Waals surface area contributed by atoms with E-state index in [1.54, 1.807) is 0 Å².